The lowest BCUT2D eigenvalue weighted by molar-refractivity contribution is 0.195. The van der Waals surface area contributed by atoms with Crippen LogP contribution in [-0.2, 0) is 0 Å². The number of hydrogen-bond donors (Lipinski definition) is 1. The molecular formula is C18H25NS2. The van der Waals surface area contributed by atoms with E-state index < -0.39 is 0 Å². The van der Waals surface area contributed by atoms with Gasteiger partial charge in [0.05, 0.1) is 4.21 Å². The molecule has 3 aliphatic carbocycles. The van der Waals surface area contributed by atoms with Gasteiger partial charge in [0, 0.05) is 17.3 Å². The van der Waals surface area contributed by atoms with Crippen molar-refractivity contribution in [3.63, 3.8) is 0 Å². The predicted octanol–water partition coefficient (Wildman–Crippen LogP) is 5.09. The third kappa shape index (κ3) is 2.07. The normalized spacial score (nSPS) is 47.6. The van der Waals surface area contributed by atoms with E-state index in [1.807, 2.05) is 11.3 Å². The summed E-state index contributed by atoms with van der Waals surface area (Å²) in [4.78, 5) is 0. The average molecular weight is 320 g/mol. The Hall–Kier alpha value is 0.01000. The third-order valence-corrected chi connectivity index (χ3v) is 9.10. The van der Waals surface area contributed by atoms with Crippen LogP contribution in [0.1, 0.15) is 57.1 Å². The van der Waals surface area contributed by atoms with Crippen molar-refractivity contribution in [1.82, 2.24) is 5.32 Å². The Morgan fingerprint density at radius 3 is 2.95 bits per heavy atom. The molecule has 4 aliphatic rings. The van der Waals surface area contributed by atoms with E-state index in [2.05, 4.69) is 35.4 Å². The molecule has 5 rings (SSSR count). The molecule has 21 heavy (non-hydrogen) atoms. The highest BCUT2D eigenvalue weighted by atomic mass is 32.2. The van der Waals surface area contributed by atoms with Crippen LogP contribution < -0.4 is 5.32 Å². The summed E-state index contributed by atoms with van der Waals surface area (Å²) in [6, 6.07) is 3.83. The molecule has 1 nitrogen and oxygen atoms in total. The molecule has 1 N–H and O–H groups in total. The molecule has 6 unspecified atom stereocenters. The van der Waals surface area contributed by atoms with E-state index in [4.69, 9.17) is 0 Å². The number of thiophene rings is 1. The summed E-state index contributed by atoms with van der Waals surface area (Å²) in [6.07, 6.45) is 8.93. The highest BCUT2D eigenvalue weighted by Crippen LogP contribution is 2.59. The zero-order valence-corrected chi connectivity index (χ0v) is 14.4. The number of hydrogen-bond acceptors (Lipinski definition) is 3. The zero-order chi connectivity index (χ0) is 14.0. The van der Waals surface area contributed by atoms with Crippen LogP contribution in [0.15, 0.2) is 15.7 Å². The molecule has 0 saturated heterocycles. The molecule has 2 heterocycles. The highest BCUT2D eigenvalue weighted by Gasteiger charge is 2.54. The fraction of sp³-hybridized carbons (Fsp3) is 0.778. The molecule has 3 saturated carbocycles. The van der Waals surface area contributed by atoms with Crippen molar-refractivity contribution >= 4 is 23.1 Å². The first kappa shape index (κ1) is 13.4. The maximum Gasteiger partial charge on any atom is 0.0649 e. The molecule has 3 fully saturated rings. The Balaban J connectivity index is 1.35. The number of rotatable bonds is 2. The van der Waals surface area contributed by atoms with Crippen LogP contribution in [0, 0.1) is 23.7 Å². The Kier molecular flexibility index (Phi) is 3.21. The van der Waals surface area contributed by atoms with Gasteiger partial charge < -0.3 is 5.32 Å². The van der Waals surface area contributed by atoms with Crippen LogP contribution in [0.5, 0.6) is 0 Å². The van der Waals surface area contributed by atoms with E-state index in [0.717, 1.165) is 35.0 Å². The second-order valence-corrected chi connectivity index (χ2v) is 10.4. The summed E-state index contributed by atoms with van der Waals surface area (Å²) in [6.45, 7) is 2.40. The first-order valence-electron chi connectivity index (χ1n) is 8.79. The van der Waals surface area contributed by atoms with Gasteiger partial charge in [-0.3, -0.25) is 0 Å². The van der Waals surface area contributed by atoms with Gasteiger partial charge in [0.2, 0.25) is 0 Å². The number of fused-ring (bicyclic) bond motifs is 6. The van der Waals surface area contributed by atoms with E-state index in [9.17, 15) is 0 Å². The Labute approximate surface area is 136 Å². The van der Waals surface area contributed by atoms with E-state index in [1.165, 1.54) is 25.7 Å². The fourth-order valence-electron chi connectivity index (χ4n) is 6.03. The molecule has 7 atom stereocenters. The van der Waals surface area contributed by atoms with Gasteiger partial charge in [-0.05, 0) is 72.8 Å². The summed E-state index contributed by atoms with van der Waals surface area (Å²) in [7, 11) is 0. The zero-order valence-electron chi connectivity index (χ0n) is 12.8. The molecule has 1 aliphatic heterocycles. The smallest absolute Gasteiger partial charge is 0.0649 e. The molecule has 114 valence electrons. The second kappa shape index (κ2) is 5.01. The van der Waals surface area contributed by atoms with Gasteiger partial charge >= 0.3 is 0 Å². The van der Waals surface area contributed by atoms with Crippen molar-refractivity contribution < 1.29 is 0 Å². The van der Waals surface area contributed by atoms with Gasteiger partial charge in [-0.15, -0.1) is 23.1 Å². The van der Waals surface area contributed by atoms with Crippen LogP contribution in [0.25, 0.3) is 0 Å². The molecule has 0 amide bonds. The highest BCUT2D eigenvalue weighted by molar-refractivity contribution is 8.01. The molecule has 1 aromatic rings. The Morgan fingerprint density at radius 2 is 2.00 bits per heavy atom. The topological polar surface area (TPSA) is 12.0 Å². The van der Waals surface area contributed by atoms with Crippen LogP contribution in [0.2, 0.25) is 0 Å². The van der Waals surface area contributed by atoms with Crippen LogP contribution in [-0.4, -0.2) is 11.3 Å². The molecule has 0 aromatic carbocycles. The number of thioether (sulfide) groups is 1. The lowest BCUT2D eigenvalue weighted by Gasteiger charge is -2.37. The minimum atomic E-state index is 0.631. The SMILES string of the molecule is C[C@H]1CC(NC2CC3CC2C2CCCC32)c2ccsc2S1. The first-order chi connectivity index (χ1) is 10.3. The Morgan fingerprint density at radius 1 is 1.10 bits per heavy atom. The molecule has 3 heteroatoms. The van der Waals surface area contributed by atoms with E-state index in [1.54, 1.807) is 22.6 Å². The van der Waals surface area contributed by atoms with Crippen molar-refractivity contribution in [2.75, 3.05) is 0 Å². The van der Waals surface area contributed by atoms with Crippen molar-refractivity contribution in [1.29, 1.82) is 0 Å². The molecular weight excluding hydrogens is 294 g/mol. The molecule has 1 aromatic heterocycles. The van der Waals surface area contributed by atoms with Crippen LogP contribution in [0.4, 0.5) is 0 Å². The van der Waals surface area contributed by atoms with Crippen molar-refractivity contribution in [2.45, 2.75) is 67.0 Å². The van der Waals surface area contributed by atoms with Crippen molar-refractivity contribution in [3.05, 3.63) is 17.0 Å². The monoisotopic (exact) mass is 319 g/mol. The average Bonchev–Trinajstić information content (AvgIpc) is 3.19. The van der Waals surface area contributed by atoms with Gasteiger partial charge in [0.25, 0.3) is 0 Å². The summed E-state index contributed by atoms with van der Waals surface area (Å²) >= 11 is 4.03. The van der Waals surface area contributed by atoms with Crippen molar-refractivity contribution in [2.24, 2.45) is 23.7 Å². The van der Waals surface area contributed by atoms with Gasteiger partial charge in [-0.2, -0.15) is 0 Å². The molecule has 0 radical (unpaired) electrons. The van der Waals surface area contributed by atoms with E-state index >= 15 is 0 Å². The van der Waals surface area contributed by atoms with Gasteiger partial charge in [0.15, 0.2) is 0 Å². The molecule has 2 bridgehead atoms. The second-order valence-electron chi connectivity index (χ2n) is 7.81. The van der Waals surface area contributed by atoms with E-state index in [0.29, 0.717) is 6.04 Å². The quantitative estimate of drug-likeness (QED) is 0.815. The standard InChI is InChI=1S/C18H25NS2/c1-10-7-16(14-5-6-20-18(14)21-10)19-17-9-11-8-15(17)13-4-2-3-12(11)13/h5-6,10-13,15-17,19H,2-4,7-9H2,1H3/t10-,11?,12?,13?,15?,16?,17?/m0/s1. The maximum atomic E-state index is 4.13. The molecule has 0 spiro atoms. The summed E-state index contributed by atoms with van der Waals surface area (Å²) < 4.78 is 1.58. The van der Waals surface area contributed by atoms with Gasteiger partial charge in [-0.25, -0.2) is 0 Å². The lowest BCUT2D eigenvalue weighted by Crippen LogP contribution is -2.42. The fourth-order valence-corrected chi connectivity index (χ4v) is 8.59. The summed E-state index contributed by atoms with van der Waals surface area (Å²) in [5.74, 6) is 4.27. The predicted molar refractivity (Wildman–Crippen MR) is 91.0 cm³/mol. The third-order valence-electron chi connectivity index (χ3n) is 6.75. The minimum Gasteiger partial charge on any atom is -0.307 e. The van der Waals surface area contributed by atoms with Gasteiger partial charge in [0.1, 0.15) is 0 Å². The number of nitrogens with one attached hydrogen (secondary N) is 1. The lowest BCUT2D eigenvalue weighted by atomic mass is 9.78. The van der Waals surface area contributed by atoms with E-state index in [-0.39, 0.29) is 0 Å². The first-order valence-corrected chi connectivity index (χ1v) is 10.6. The maximum absolute atomic E-state index is 4.13. The minimum absolute atomic E-state index is 0.631. The van der Waals surface area contributed by atoms with Crippen molar-refractivity contribution in [3.8, 4) is 0 Å². The Bertz CT molecular complexity index is 539. The summed E-state index contributed by atoms with van der Waals surface area (Å²) in [5.41, 5.74) is 1.61. The summed E-state index contributed by atoms with van der Waals surface area (Å²) in [5, 5.41) is 7.19. The van der Waals surface area contributed by atoms with Crippen LogP contribution in [0.3, 0.4) is 0 Å². The van der Waals surface area contributed by atoms with Gasteiger partial charge in [-0.1, -0.05) is 13.3 Å². The largest absolute Gasteiger partial charge is 0.307 e. The van der Waals surface area contributed by atoms with Crippen LogP contribution >= 0.6 is 23.1 Å².